The Balaban J connectivity index is 2.53. The smallest absolute Gasteiger partial charge is 0.290 e. The van der Waals surface area contributed by atoms with Gasteiger partial charge in [0.2, 0.25) is 0 Å². The Bertz CT molecular complexity index is 175. The molecule has 0 aromatic carbocycles. The molecular formula is C8H14AlO2-. The van der Waals surface area contributed by atoms with Crippen molar-refractivity contribution in [1.82, 2.24) is 0 Å². The molecule has 1 atom stereocenters. The van der Waals surface area contributed by atoms with Crippen LogP contribution in [-0.2, 0) is 8.53 Å². The van der Waals surface area contributed by atoms with Crippen LogP contribution in [0.15, 0.2) is 22.7 Å². The summed E-state index contributed by atoms with van der Waals surface area (Å²) in [6.07, 6.45) is 6.47. The van der Waals surface area contributed by atoms with Gasteiger partial charge in [0.15, 0.2) is 0 Å². The minimum atomic E-state index is -0.896. The molecule has 0 radical (unpaired) electrons. The van der Waals surface area contributed by atoms with E-state index in [1.165, 1.54) is 4.44 Å². The molecule has 1 aliphatic heterocycles. The summed E-state index contributed by atoms with van der Waals surface area (Å²) in [7, 11) is 1.74. The molecule has 0 saturated heterocycles. The normalized spacial score (nSPS) is 22.9. The van der Waals surface area contributed by atoms with Gasteiger partial charge in [-0.2, -0.15) is 0 Å². The zero-order chi connectivity index (χ0) is 8.10. The van der Waals surface area contributed by atoms with Gasteiger partial charge in [-0.25, -0.2) is 4.44 Å². The van der Waals surface area contributed by atoms with Crippen LogP contribution in [-0.4, -0.2) is 35.4 Å². The Kier molecular flexibility index (Phi) is 3.89. The summed E-state index contributed by atoms with van der Waals surface area (Å²) >= 11 is -0.896. The summed E-state index contributed by atoms with van der Waals surface area (Å²) in [6.45, 7) is 2.83. The van der Waals surface area contributed by atoms with Gasteiger partial charge >= 0.3 is 0 Å². The van der Waals surface area contributed by atoms with Crippen LogP contribution in [0.25, 0.3) is 0 Å². The van der Waals surface area contributed by atoms with Crippen LogP contribution in [0.2, 0.25) is 0 Å². The third kappa shape index (κ3) is 2.46. The molecule has 1 rings (SSSR count). The molecule has 2 nitrogen and oxygen atoms in total. The number of allylic oxidation sites excluding steroid dienone is 1. The predicted octanol–water partition coefficient (Wildman–Crippen LogP) is 0.575. The Labute approximate surface area is 73.9 Å². The highest BCUT2D eigenvalue weighted by molar-refractivity contribution is 6.39. The lowest BCUT2D eigenvalue weighted by Gasteiger charge is -2.15. The SMILES string of the molecule is C/C=C/C(OC)[C]1=CC[O][AlH2-]1. The van der Waals surface area contributed by atoms with Gasteiger partial charge in [0, 0.05) is 13.7 Å². The molecule has 0 bridgehead atoms. The fourth-order valence-electron chi connectivity index (χ4n) is 1.37. The molecular weight excluding hydrogens is 155 g/mol. The van der Waals surface area contributed by atoms with E-state index in [0.29, 0.717) is 0 Å². The van der Waals surface area contributed by atoms with Gasteiger partial charge in [0.1, 0.15) is 0 Å². The van der Waals surface area contributed by atoms with E-state index in [1.807, 2.05) is 13.0 Å². The maximum absolute atomic E-state index is 5.37. The van der Waals surface area contributed by atoms with E-state index in [2.05, 4.69) is 12.2 Å². The van der Waals surface area contributed by atoms with Crippen molar-refractivity contribution in [2.45, 2.75) is 13.0 Å². The van der Waals surface area contributed by atoms with Crippen LogP contribution in [0, 0.1) is 0 Å². The summed E-state index contributed by atoms with van der Waals surface area (Å²) in [4.78, 5) is 0. The van der Waals surface area contributed by atoms with Crippen molar-refractivity contribution in [3.8, 4) is 0 Å². The minimum absolute atomic E-state index is 0.200. The van der Waals surface area contributed by atoms with E-state index < -0.39 is 15.6 Å². The lowest BCUT2D eigenvalue weighted by atomic mass is 10.3. The first-order valence-electron chi connectivity index (χ1n) is 4.07. The minimum Gasteiger partial charge on any atom is -0.657 e. The van der Waals surface area contributed by atoms with Crippen LogP contribution in [0.1, 0.15) is 6.92 Å². The second-order valence-electron chi connectivity index (χ2n) is 2.79. The molecule has 0 aromatic heterocycles. The van der Waals surface area contributed by atoms with E-state index in [9.17, 15) is 0 Å². The molecule has 11 heavy (non-hydrogen) atoms. The van der Waals surface area contributed by atoms with E-state index in [1.54, 1.807) is 7.11 Å². The summed E-state index contributed by atoms with van der Waals surface area (Å²) in [5.41, 5.74) is 0. The first kappa shape index (κ1) is 9.02. The standard InChI is InChI=1S/C8H12O2.Al.2H/c1-3-5-8(10-2)6-4-7-9;;;/h3-5,8H,7H2,1-2H3;;;/q-1;;;/b5-3+,6-4?;;;. The van der Waals surface area contributed by atoms with Crippen molar-refractivity contribution in [2.75, 3.05) is 13.7 Å². The maximum Gasteiger partial charge on any atom is 0.290 e. The molecule has 0 amide bonds. The molecule has 62 valence electrons. The third-order valence-corrected chi connectivity index (χ3v) is 4.09. The number of ether oxygens (including phenoxy) is 1. The van der Waals surface area contributed by atoms with Crippen molar-refractivity contribution in [2.24, 2.45) is 0 Å². The van der Waals surface area contributed by atoms with E-state index in [-0.39, 0.29) is 6.10 Å². The average molecular weight is 169 g/mol. The highest BCUT2D eigenvalue weighted by atomic mass is 27.1. The Morgan fingerprint density at radius 1 is 1.82 bits per heavy atom. The van der Waals surface area contributed by atoms with Gasteiger partial charge in [0.05, 0.1) is 6.10 Å². The summed E-state index contributed by atoms with van der Waals surface area (Å²) in [5.74, 6) is 0. The molecule has 1 aliphatic rings. The number of hydrogen-bond donors (Lipinski definition) is 0. The fourth-order valence-corrected chi connectivity index (χ4v) is 3.03. The van der Waals surface area contributed by atoms with Gasteiger partial charge in [-0.05, 0) is 6.92 Å². The third-order valence-electron chi connectivity index (χ3n) is 2.02. The van der Waals surface area contributed by atoms with Gasteiger partial charge in [-0.15, -0.1) is 6.08 Å². The topological polar surface area (TPSA) is 18.5 Å². The average Bonchev–Trinajstić information content (AvgIpc) is 2.52. The lowest BCUT2D eigenvalue weighted by molar-refractivity contribution is 0.173. The summed E-state index contributed by atoms with van der Waals surface area (Å²) in [6, 6.07) is 0. The van der Waals surface area contributed by atoms with Crippen LogP contribution < -0.4 is 0 Å². The zero-order valence-electron chi connectivity index (χ0n) is 7.33. The predicted molar refractivity (Wildman–Crippen MR) is 48.2 cm³/mol. The highest BCUT2D eigenvalue weighted by Gasteiger charge is 2.08. The van der Waals surface area contributed by atoms with Crippen LogP contribution >= 0.6 is 0 Å². The largest absolute Gasteiger partial charge is 0.657 e. The fraction of sp³-hybridized carbons (Fsp3) is 0.500. The van der Waals surface area contributed by atoms with Gasteiger partial charge in [-0.3, -0.25) is 0 Å². The molecule has 1 unspecified atom stereocenters. The monoisotopic (exact) mass is 169 g/mol. The van der Waals surface area contributed by atoms with Crippen LogP contribution in [0.4, 0.5) is 0 Å². The lowest BCUT2D eigenvalue weighted by Crippen LogP contribution is -2.13. The molecule has 0 saturated carbocycles. The first-order chi connectivity index (χ1) is 5.38. The van der Waals surface area contributed by atoms with E-state index in [4.69, 9.17) is 8.53 Å². The molecule has 0 aromatic rings. The van der Waals surface area contributed by atoms with E-state index in [0.717, 1.165) is 6.61 Å². The molecule has 1 heterocycles. The Morgan fingerprint density at radius 3 is 3.09 bits per heavy atom. The van der Waals surface area contributed by atoms with Gasteiger partial charge in [-0.1, -0.05) is 12.2 Å². The molecule has 0 fully saturated rings. The van der Waals surface area contributed by atoms with Gasteiger partial charge < -0.3 is 8.53 Å². The second-order valence-corrected chi connectivity index (χ2v) is 4.93. The van der Waals surface area contributed by atoms with Crippen molar-refractivity contribution in [3.05, 3.63) is 22.7 Å². The molecule has 0 N–H and O–H groups in total. The number of rotatable bonds is 3. The van der Waals surface area contributed by atoms with Crippen LogP contribution in [0.3, 0.4) is 0 Å². The summed E-state index contributed by atoms with van der Waals surface area (Å²) in [5, 5.41) is 0. The quantitative estimate of drug-likeness (QED) is 0.454. The maximum atomic E-state index is 5.37. The molecule has 0 aliphatic carbocycles. The molecule has 0 spiro atoms. The highest BCUT2D eigenvalue weighted by Crippen LogP contribution is 2.11. The van der Waals surface area contributed by atoms with Gasteiger partial charge in [0.25, 0.3) is 15.6 Å². The molecule has 3 heteroatoms. The number of methoxy groups -OCH3 is 1. The zero-order valence-corrected chi connectivity index (χ0v) is 9.33. The number of hydrogen-bond acceptors (Lipinski definition) is 2. The Morgan fingerprint density at radius 2 is 2.64 bits per heavy atom. The van der Waals surface area contributed by atoms with Crippen molar-refractivity contribution in [1.29, 1.82) is 0 Å². The second kappa shape index (κ2) is 4.74. The Hall–Kier alpha value is -0.0675. The van der Waals surface area contributed by atoms with E-state index >= 15 is 0 Å². The summed E-state index contributed by atoms with van der Waals surface area (Å²) < 4.78 is 12.1. The van der Waals surface area contributed by atoms with Crippen molar-refractivity contribution >= 4 is 15.6 Å². The van der Waals surface area contributed by atoms with Crippen LogP contribution in [0.5, 0.6) is 0 Å². The van der Waals surface area contributed by atoms with Crippen molar-refractivity contribution in [3.63, 3.8) is 0 Å². The van der Waals surface area contributed by atoms with Crippen molar-refractivity contribution < 1.29 is 8.53 Å². The first-order valence-corrected chi connectivity index (χ1v) is 5.89.